The van der Waals surface area contributed by atoms with Gasteiger partial charge in [0.2, 0.25) is 0 Å². The van der Waals surface area contributed by atoms with Crippen LogP contribution in [0.15, 0.2) is 0 Å². The molecule has 0 bridgehead atoms. The van der Waals surface area contributed by atoms with Crippen LogP contribution in [-0.2, 0) is 0 Å². The predicted octanol–water partition coefficient (Wildman–Crippen LogP) is 0.646. The Morgan fingerprint density at radius 3 is 0.852 bits per heavy atom. The minimum atomic E-state index is -0.193. The van der Waals surface area contributed by atoms with Gasteiger partial charge >= 0.3 is 0 Å². The van der Waals surface area contributed by atoms with Gasteiger partial charge in [-0.05, 0) is 57.8 Å². The summed E-state index contributed by atoms with van der Waals surface area (Å²) < 4.78 is 0. The zero-order chi connectivity index (χ0) is 18.8. The molecule has 0 aromatic heterocycles. The van der Waals surface area contributed by atoms with Gasteiger partial charge in [0.15, 0.2) is 0 Å². The monoisotopic (exact) mass is 381 g/mol. The third-order valence-corrected chi connectivity index (χ3v) is 7.76. The van der Waals surface area contributed by atoms with E-state index >= 15 is 0 Å². The van der Waals surface area contributed by atoms with Crippen molar-refractivity contribution in [1.29, 1.82) is 0 Å². The van der Waals surface area contributed by atoms with Gasteiger partial charge in [0.1, 0.15) is 0 Å². The first-order chi connectivity index (χ1) is 13.1. The van der Waals surface area contributed by atoms with Crippen LogP contribution >= 0.6 is 0 Å². The van der Waals surface area contributed by atoms with Gasteiger partial charge in [-0.2, -0.15) is 0 Å². The Bertz CT molecular complexity index is 401. The van der Waals surface area contributed by atoms with Crippen LogP contribution in [0.3, 0.4) is 0 Å². The maximum absolute atomic E-state index is 10.5. The lowest BCUT2D eigenvalue weighted by atomic mass is 10.1. The van der Waals surface area contributed by atoms with E-state index in [4.69, 9.17) is 0 Å². The number of hydrogen-bond acceptors (Lipinski definition) is 6. The number of aliphatic hydroxyl groups is 3. The second-order valence-electron chi connectivity index (χ2n) is 9.30. The van der Waals surface area contributed by atoms with Gasteiger partial charge in [-0.25, -0.2) is 0 Å². The zero-order valence-electron chi connectivity index (χ0n) is 16.8. The van der Waals surface area contributed by atoms with Crippen LogP contribution in [0, 0.1) is 0 Å². The summed E-state index contributed by atoms with van der Waals surface area (Å²) in [6, 6.07) is 0.858. The van der Waals surface area contributed by atoms with E-state index in [9.17, 15) is 15.3 Å². The van der Waals surface area contributed by atoms with Crippen molar-refractivity contribution in [3.63, 3.8) is 0 Å². The summed E-state index contributed by atoms with van der Waals surface area (Å²) in [4.78, 5) is 7.52. The molecule has 6 unspecified atom stereocenters. The van der Waals surface area contributed by atoms with Gasteiger partial charge in [0.05, 0.1) is 18.3 Å². The normalized spacial score (nSPS) is 43.7. The summed E-state index contributed by atoms with van der Waals surface area (Å²) in [6.07, 6.45) is 8.87. The summed E-state index contributed by atoms with van der Waals surface area (Å²) in [7, 11) is 0. The lowest BCUT2D eigenvalue weighted by molar-refractivity contribution is 0.0450. The Kier molecular flexibility index (Phi) is 6.72. The maximum Gasteiger partial charge on any atom is 0.0695 e. The van der Waals surface area contributed by atoms with E-state index in [1.54, 1.807) is 0 Å². The van der Waals surface area contributed by atoms with Gasteiger partial charge < -0.3 is 15.3 Å². The van der Waals surface area contributed by atoms with Gasteiger partial charge in [-0.1, -0.05) is 0 Å². The third-order valence-electron chi connectivity index (χ3n) is 7.76. The van der Waals surface area contributed by atoms with Gasteiger partial charge in [0.25, 0.3) is 0 Å². The average Bonchev–Trinajstić information content (AvgIpc) is 3.37. The van der Waals surface area contributed by atoms with Crippen LogP contribution in [0.4, 0.5) is 0 Å². The van der Waals surface area contributed by atoms with E-state index < -0.39 is 0 Å². The molecule has 3 N–H and O–H groups in total. The quantitative estimate of drug-likeness (QED) is 0.667. The van der Waals surface area contributed by atoms with E-state index in [-0.39, 0.29) is 36.4 Å². The molecule has 3 saturated carbocycles. The Labute approximate surface area is 164 Å². The van der Waals surface area contributed by atoms with Crippen LogP contribution in [0.25, 0.3) is 0 Å². The second kappa shape index (κ2) is 9.06. The molecule has 0 radical (unpaired) electrons. The Balaban J connectivity index is 1.48. The van der Waals surface area contributed by atoms with E-state index in [1.165, 1.54) is 0 Å². The van der Waals surface area contributed by atoms with Crippen molar-refractivity contribution >= 4 is 0 Å². The highest BCUT2D eigenvalue weighted by Crippen LogP contribution is 2.29. The van der Waals surface area contributed by atoms with Crippen LogP contribution < -0.4 is 0 Å². The standard InChI is InChI=1S/C21H39N3O3/c25-19-7-1-4-16(19)22-10-12-23(17-5-2-8-20(17)26)14-15-24(13-11-22)18-6-3-9-21(18)27/h16-21,25-27H,1-15H2. The Hall–Kier alpha value is -0.240. The molecule has 6 nitrogen and oxygen atoms in total. The van der Waals surface area contributed by atoms with E-state index in [1.807, 2.05) is 0 Å². The predicted molar refractivity (Wildman–Crippen MR) is 106 cm³/mol. The molecule has 4 fully saturated rings. The highest BCUT2D eigenvalue weighted by molar-refractivity contribution is 4.92. The number of hydrogen-bond donors (Lipinski definition) is 3. The molecular formula is C21H39N3O3. The zero-order valence-corrected chi connectivity index (χ0v) is 16.8. The average molecular weight is 382 g/mol. The molecule has 0 amide bonds. The maximum atomic E-state index is 10.5. The summed E-state index contributed by atoms with van der Waals surface area (Å²) in [6.45, 7) is 5.87. The Morgan fingerprint density at radius 1 is 0.407 bits per heavy atom. The topological polar surface area (TPSA) is 70.4 Å². The van der Waals surface area contributed by atoms with Crippen LogP contribution in [0.1, 0.15) is 57.8 Å². The molecule has 6 atom stereocenters. The van der Waals surface area contributed by atoms with E-state index in [0.29, 0.717) is 0 Å². The van der Waals surface area contributed by atoms with Gasteiger partial charge in [-0.3, -0.25) is 14.7 Å². The molecule has 0 aromatic carbocycles. The van der Waals surface area contributed by atoms with Crippen molar-refractivity contribution in [2.75, 3.05) is 39.3 Å². The van der Waals surface area contributed by atoms with Crippen LogP contribution in [-0.4, -0.2) is 106 Å². The first-order valence-corrected chi connectivity index (χ1v) is 11.4. The molecule has 4 aliphatic rings. The molecule has 0 aromatic rings. The molecule has 3 aliphatic carbocycles. The van der Waals surface area contributed by atoms with Crippen molar-refractivity contribution in [3.8, 4) is 0 Å². The molecule has 0 spiro atoms. The van der Waals surface area contributed by atoms with Crippen molar-refractivity contribution < 1.29 is 15.3 Å². The molecule has 156 valence electrons. The second-order valence-corrected chi connectivity index (χ2v) is 9.30. The minimum Gasteiger partial charge on any atom is -0.391 e. The fourth-order valence-corrected chi connectivity index (χ4v) is 6.14. The lowest BCUT2D eigenvalue weighted by Crippen LogP contribution is -2.48. The smallest absolute Gasteiger partial charge is 0.0695 e. The highest BCUT2D eigenvalue weighted by Gasteiger charge is 2.37. The Morgan fingerprint density at radius 2 is 0.667 bits per heavy atom. The number of rotatable bonds is 3. The molecule has 6 heteroatoms. The minimum absolute atomic E-state index is 0.193. The summed E-state index contributed by atoms with van der Waals surface area (Å²) >= 11 is 0. The van der Waals surface area contributed by atoms with Crippen LogP contribution in [0.5, 0.6) is 0 Å². The molecule has 27 heavy (non-hydrogen) atoms. The summed E-state index contributed by atoms with van der Waals surface area (Å²) in [5.74, 6) is 0. The highest BCUT2D eigenvalue weighted by atomic mass is 16.3. The SMILES string of the molecule is OC1CCCC1N1CCN(C2CCCC2O)CCN(C2CCCC2O)CC1. The van der Waals surface area contributed by atoms with Crippen molar-refractivity contribution in [1.82, 2.24) is 14.7 Å². The van der Waals surface area contributed by atoms with Crippen molar-refractivity contribution in [2.24, 2.45) is 0 Å². The number of aliphatic hydroxyl groups excluding tert-OH is 3. The van der Waals surface area contributed by atoms with Crippen LogP contribution in [0.2, 0.25) is 0 Å². The fraction of sp³-hybridized carbons (Fsp3) is 1.00. The van der Waals surface area contributed by atoms with Gasteiger partial charge in [-0.15, -0.1) is 0 Å². The molecule has 1 heterocycles. The van der Waals surface area contributed by atoms with Crippen molar-refractivity contribution in [2.45, 2.75) is 94.2 Å². The fourth-order valence-electron chi connectivity index (χ4n) is 6.14. The first-order valence-electron chi connectivity index (χ1n) is 11.4. The molecular weight excluding hydrogens is 342 g/mol. The molecule has 4 rings (SSSR count). The largest absolute Gasteiger partial charge is 0.391 e. The summed E-state index contributed by atoms with van der Waals surface area (Å²) in [5, 5.41) is 31.4. The molecule has 1 aliphatic heterocycles. The molecule has 1 saturated heterocycles. The van der Waals surface area contributed by atoms with Crippen molar-refractivity contribution in [3.05, 3.63) is 0 Å². The number of nitrogens with zero attached hydrogens (tertiary/aromatic N) is 3. The van der Waals surface area contributed by atoms with E-state index in [0.717, 1.165) is 97.1 Å². The third kappa shape index (κ3) is 4.51. The van der Waals surface area contributed by atoms with Gasteiger partial charge in [0, 0.05) is 57.4 Å². The first kappa shape index (κ1) is 20.0. The summed E-state index contributed by atoms with van der Waals surface area (Å²) in [5.41, 5.74) is 0. The lowest BCUT2D eigenvalue weighted by Gasteiger charge is -2.34. The van der Waals surface area contributed by atoms with E-state index in [2.05, 4.69) is 14.7 Å².